The van der Waals surface area contributed by atoms with Crippen molar-refractivity contribution in [1.82, 2.24) is 20.0 Å². The number of likely N-dealkylation sites (tertiary alicyclic amines) is 2. The number of amides is 1. The number of hydrogen-bond donors (Lipinski definition) is 1. The Morgan fingerprint density at radius 3 is 2.72 bits per heavy atom. The largest absolute Gasteiger partial charge is 0.373 e. The molecule has 0 aliphatic carbocycles. The third-order valence-electron chi connectivity index (χ3n) is 6.79. The van der Waals surface area contributed by atoms with Crippen molar-refractivity contribution in [2.75, 3.05) is 52.9 Å². The molecule has 1 aromatic carbocycles. The first-order valence-electron chi connectivity index (χ1n) is 11.8. The standard InChI is InChI=1S/C24H37N5O2.HI/c1-19-7-6-12-28(15-19)23(30)10-11-26-24(25-2)29-17-21-22(18-29)31-14-13-27(21)16-20-8-4-3-5-9-20;/h3-5,8-9,19,21-22H,6-7,10-18H2,1-2H3,(H,25,26);1H. The summed E-state index contributed by atoms with van der Waals surface area (Å²) in [6.07, 6.45) is 3.07. The zero-order valence-corrected chi connectivity index (χ0v) is 21.7. The number of carbonyl (C=O) groups excluding carboxylic acids is 1. The summed E-state index contributed by atoms with van der Waals surface area (Å²) in [6.45, 7) is 9.08. The number of nitrogens with zero attached hydrogens (tertiary/aromatic N) is 4. The molecule has 1 amide bonds. The summed E-state index contributed by atoms with van der Waals surface area (Å²) in [5, 5.41) is 3.42. The highest BCUT2D eigenvalue weighted by atomic mass is 127. The molecule has 0 saturated carbocycles. The Morgan fingerprint density at radius 1 is 1.16 bits per heavy atom. The number of aliphatic imine (C=N–C) groups is 1. The highest BCUT2D eigenvalue weighted by molar-refractivity contribution is 14.0. The molecule has 0 radical (unpaired) electrons. The maximum absolute atomic E-state index is 12.6. The lowest BCUT2D eigenvalue weighted by Crippen LogP contribution is -2.50. The van der Waals surface area contributed by atoms with E-state index < -0.39 is 0 Å². The lowest BCUT2D eigenvalue weighted by Gasteiger charge is -2.36. The summed E-state index contributed by atoms with van der Waals surface area (Å²) >= 11 is 0. The van der Waals surface area contributed by atoms with E-state index in [9.17, 15) is 4.79 Å². The van der Waals surface area contributed by atoms with Gasteiger partial charge in [0.2, 0.25) is 5.91 Å². The van der Waals surface area contributed by atoms with Crippen molar-refractivity contribution in [2.45, 2.75) is 44.9 Å². The van der Waals surface area contributed by atoms with Gasteiger partial charge in [0.15, 0.2) is 5.96 Å². The number of fused-ring (bicyclic) bond motifs is 1. The molecule has 3 atom stereocenters. The van der Waals surface area contributed by atoms with Crippen LogP contribution in [0.15, 0.2) is 35.3 Å². The quantitative estimate of drug-likeness (QED) is 0.344. The molecule has 178 valence electrons. The van der Waals surface area contributed by atoms with Crippen LogP contribution in [0.4, 0.5) is 0 Å². The van der Waals surface area contributed by atoms with Crippen molar-refractivity contribution in [3.05, 3.63) is 35.9 Å². The first kappa shape index (κ1) is 25.2. The Morgan fingerprint density at radius 2 is 1.97 bits per heavy atom. The van der Waals surface area contributed by atoms with E-state index in [2.05, 4.69) is 57.4 Å². The van der Waals surface area contributed by atoms with Crippen LogP contribution in [-0.4, -0.2) is 91.6 Å². The Labute approximate surface area is 209 Å². The minimum atomic E-state index is 0. The van der Waals surface area contributed by atoms with Crippen molar-refractivity contribution in [1.29, 1.82) is 0 Å². The number of guanidine groups is 1. The van der Waals surface area contributed by atoms with Crippen molar-refractivity contribution in [2.24, 2.45) is 10.9 Å². The highest BCUT2D eigenvalue weighted by Gasteiger charge is 2.41. The first-order chi connectivity index (χ1) is 15.1. The molecule has 0 spiro atoms. The number of rotatable bonds is 5. The molecule has 8 heteroatoms. The summed E-state index contributed by atoms with van der Waals surface area (Å²) in [5.74, 6) is 1.74. The zero-order chi connectivity index (χ0) is 21.6. The molecule has 32 heavy (non-hydrogen) atoms. The van der Waals surface area contributed by atoms with E-state index in [4.69, 9.17) is 4.74 Å². The number of piperidine rings is 1. The molecule has 4 rings (SSSR count). The van der Waals surface area contributed by atoms with Crippen LogP contribution >= 0.6 is 24.0 Å². The number of nitrogens with one attached hydrogen (secondary N) is 1. The van der Waals surface area contributed by atoms with Gasteiger partial charge in [-0.25, -0.2) is 0 Å². The lowest BCUT2D eigenvalue weighted by atomic mass is 10.00. The van der Waals surface area contributed by atoms with E-state index in [0.29, 0.717) is 24.9 Å². The van der Waals surface area contributed by atoms with Gasteiger partial charge in [0, 0.05) is 59.3 Å². The van der Waals surface area contributed by atoms with Crippen LogP contribution in [0.2, 0.25) is 0 Å². The third kappa shape index (κ3) is 6.35. The SMILES string of the molecule is CN=C(NCCC(=O)N1CCCC(C)C1)N1CC2OCCN(Cc3ccccc3)C2C1.I. The molecule has 1 N–H and O–H groups in total. The normalized spacial score (nSPS) is 26.4. The third-order valence-corrected chi connectivity index (χ3v) is 6.79. The minimum Gasteiger partial charge on any atom is -0.373 e. The monoisotopic (exact) mass is 555 g/mol. The molecule has 3 saturated heterocycles. The van der Waals surface area contributed by atoms with Gasteiger partial charge in [-0.2, -0.15) is 0 Å². The van der Waals surface area contributed by atoms with Crippen molar-refractivity contribution < 1.29 is 9.53 Å². The Hall–Kier alpha value is -1.39. The van der Waals surface area contributed by atoms with Crippen LogP contribution in [0.5, 0.6) is 0 Å². The van der Waals surface area contributed by atoms with Crippen LogP contribution < -0.4 is 5.32 Å². The second-order valence-corrected chi connectivity index (χ2v) is 9.15. The van der Waals surface area contributed by atoms with Crippen LogP contribution in [-0.2, 0) is 16.1 Å². The molecule has 3 aliphatic rings. The van der Waals surface area contributed by atoms with E-state index in [0.717, 1.165) is 58.3 Å². The van der Waals surface area contributed by atoms with Crippen molar-refractivity contribution >= 4 is 35.8 Å². The number of morpholine rings is 1. The van der Waals surface area contributed by atoms with Gasteiger partial charge in [0.1, 0.15) is 0 Å². The topological polar surface area (TPSA) is 60.4 Å². The average Bonchev–Trinajstić information content (AvgIpc) is 3.22. The molecule has 3 unspecified atom stereocenters. The predicted molar refractivity (Wildman–Crippen MR) is 138 cm³/mol. The molecule has 3 fully saturated rings. The summed E-state index contributed by atoms with van der Waals surface area (Å²) in [5.41, 5.74) is 1.34. The molecular weight excluding hydrogens is 517 g/mol. The maximum atomic E-state index is 12.6. The zero-order valence-electron chi connectivity index (χ0n) is 19.4. The number of benzene rings is 1. The summed E-state index contributed by atoms with van der Waals surface area (Å²) < 4.78 is 6.10. The smallest absolute Gasteiger partial charge is 0.224 e. The van der Waals surface area contributed by atoms with Gasteiger partial charge in [-0.15, -0.1) is 24.0 Å². The van der Waals surface area contributed by atoms with Gasteiger partial charge in [-0.05, 0) is 24.3 Å². The fourth-order valence-electron chi connectivity index (χ4n) is 5.13. The van der Waals surface area contributed by atoms with Gasteiger partial charge >= 0.3 is 0 Å². The van der Waals surface area contributed by atoms with Crippen molar-refractivity contribution in [3.63, 3.8) is 0 Å². The van der Waals surface area contributed by atoms with E-state index >= 15 is 0 Å². The van der Waals surface area contributed by atoms with Crippen LogP contribution in [0.1, 0.15) is 31.7 Å². The summed E-state index contributed by atoms with van der Waals surface area (Å²) in [7, 11) is 1.82. The van der Waals surface area contributed by atoms with Gasteiger partial charge in [-0.1, -0.05) is 37.3 Å². The Bertz CT molecular complexity index is 762. The van der Waals surface area contributed by atoms with Crippen LogP contribution in [0, 0.1) is 5.92 Å². The second kappa shape index (κ2) is 12.2. The maximum Gasteiger partial charge on any atom is 0.224 e. The molecule has 0 aromatic heterocycles. The van der Waals surface area contributed by atoms with Gasteiger partial charge in [0.05, 0.1) is 18.8 Å². The molecule has 1 aromatic rings. The predicted octanol–water partition coefficient (Wildman–Crippen LogP) is 2.41. The van der Waals surface area contributed by atoms with Crippen LogP contribution in [0.3, 0.4) is 0 Å². The van der Waals surface area contributed by atoms with E-state index in [1.807, 2.05) is 11.9 Å². The number of ether oxygens (including phenoxy) is 1. The summed E-state index contributed by atoms with van der Waals surface area (Å²) in [6, 6.07) is 11.0. The molecule has 0 bridgehead atoms. The molecule has 3 heterocycles. The van der Waals surface area contributed by atoms with Crippen LogP contribution in [0.25, 0.3) is 0 Å². The second-order valence-electron chi connectivity index (χ2n) is 9.15. The fraction of sp³-hybridized carbons (Fsp3) is 0.667. The van der Waals surface area contributed by atoms with Gasteiger partial charge in [-0.3, -0.25) is 14.7 Å². The molecular formula is C24H38IN5O2. The van der Waals surface area contributed by atoms with E-state index in [-0.39, 0.29) is 36.0 Å². The number of carbonyl (C=O) groups is 1. The molecule has 3 aliphatic heterocycles. The highest BCUT2D eigenvalue weighted by Crippen LogP contribution is 2.24. The number of hydrogen-bond acceptors (Lipinski definition) is 4. The summed E-state index contributed by atoms with van der Waals surface area (Å²) in [4.78, 5) is 23.9. The Balaban J connectivity index is 0.00000289. The number of halogens is 1. The Kier molecular flexibility index (Phi) is 9.61. The van der Waals surface area contributed by atoms with E-state index in [1.54, 1.807) is 0 Å². The van der Waals surface area contributed by atoms with Gasteiger partial charge < -0.3 is 19.9 Å². The van der Waals surface area contributed by atoms with Gasteiger partial charge in [0.25, 0.3) is 0 Å². The lowest BCUT2D eigenvalue weighted by molar-refractivity contribution is -0.132. The molecule has 7 nitrogen and oxygen atoms in total. The van der Waals surface area contributed by atoms with Crippen molar-refractivity contribution in [3.8, 4) is 0 Å². The van der Waals surface area contributed by atoms with E-state index in [1.165, 1.54) is 12.0 Å². The average molecular weight is 556 g/mol. The minimum absolute atomic E-state index is 0. The fourth-order valence-corrected chi connectivity index (χ4v) is 5.13. The first-order valence-corrected chi connectivity index (χ1v) is 11.8.